The van der Waals surface area contributed by atoms with Crippen LogP contribution in [-0.4, -0.2) is 30.5 Å². The summed E-state index contributed by atoms with van der Waals surface area (Å²) in [5, 5.41) is 4.32. The number of nitrogens with one attached hydrogen (secondary N) is 1. The van der Waals surface area contributed by atoms with Gasteiger partial charge in [0.2, 0.25) is 0 Å². The lowest BCUT2D eigenvalue weighted by Crippen LogP contribution is -2.33. The fourth-order valence-corrected chi connectivity index (χ4v) is 1.42. The molecule has 0 bridgehead atoms. The van der Waals surface area contributed by atoms with E-state index in [1.165, 1.54) is 18.4 Å². The predicted octanol–water partition coefficient (Wildman–Crippen LogP) is -0.0252. The molecule has 0 spiro atoms. The van der Waals surface area contributed by atoms with Gasteiger partial charge in [0.1, 0.15) is 0 Å². The van der Waals surface area contributed by atoms with Crippen LogP contribution in [0.5, 0.6) is 0 Å². The largest absolute Gasteiger partial charge is 0.462 e. The Hall–Kier alpha value is -1.43. The summed E-state index contributed by atoms with van der Waals surface area (Å²) in [6.45, 7) is 0.387. The van der Waals surface area contributed by atoms with E-state index in [0.29, 0.717) is 13.0 Å². The average molecular weight is 214 g/mol. The van der Waals surface area contributed by atoms with Crippen LogP contribution in [0.25, 0.3) is 0 Å². The van der Waals surface area contributed by atoms with E-state index in [9.17, 15) is 9.59 Å². The molecule has 0 fully saturated rings. The Bertz CT molecular complexity index is 310. The van der Waals surface area contributed by atoms with Crippen LogP contribution in [-0.2, 0) is 20.7 Å². The molecule has 1 rings (SSSR count). The number of ether oxygens (including phenoxy) is 1. The molecule has 0 aromatic carbocycles. The third kappa shape index (κ3) is 3.14. The maximum atomic E-state index is 10.9. The van der Waals surface area contributed by atoms with Crippen LogP contribution >= 0.6 is 11.3 Å². The van der Waals surface area contributed by atoms with E-state index in [2.05, 4.69) is 15.0 Å². The molecule has 5 nitrogen and oxygen atoms in total. The van der Waals surface area contributed by atoms with Gasteiger partial charge in [-0.3, -0.25) is 4.79 Å². The number of thiazole rings is 1. The summed E-state index contributed by atoms with van der Waals surface area (Å²) in [7, 11) is 1.17. The number of esters is 1. The van der Waals surface area contributed by atoms with Crippen molar-refractivity contribution in [3.8, 4) is 0 Å². The third-order valence-electron chi connectivity index (χ3n) is 1.52. The number of carbonyl (C=O) groups excluding carboxylic acids is 2. The Morgan fingerprint density at radius 3 is 3.00 bits per heavy atom. The van der Waals surface area contributed by atoms with Crippen LogP contribution in [0.3, 0.4) is 0 Å². The zero-order valence-electron chi connectivity index (χ0n) is 7.65. The maximum Gasteiger partial charge on any atom is 0.396 e. The van der Waals surface area contributed by atoms with Gasteiger partial charge in [0.15, 0.2) is 0 Å². The first-order valence-corrected chi connectivity index (χ1v) is 4.91. The minimum absolute atomic E-state index is 0.387. The number of nitrogens with zero attached hydrogens (tertiary/aromatic N) is 1. The van der Waals surface area contributed by atoms with E-state index in [1.54, 1.807) is 5.51 Å². The molecule has 0 aliphatic carbocycles. The van der Waals surface area contributed by atoms with Gasteiger partial charge >= 0.3 is 11.9 Å². The van der Waals surface area contributed by atoms with Gasteiger partial charge in [-0.2, -0.15) is 0 Å². The van der Waals surface area contributed by atoms with Gasteiger partial charge < -0.3 is 10.1 Å². The van der Waals surface area contributed by atoms with Crippen molar-refractivity contribution in [1.82, 2.24) is 10.3 Å². The van der Waals surface area contributed by atoms with E-state index >= 15 is 0 Å². The molecule has 1 amide bonds. The third-order valence-corrected chi connectivity index (χ3v) is 2.16. The van der Waals surface area contributed by atoms with Crippen molar-refractivity contribution in [3.05, 3.63) is 16.6 Å². The van der Waals surface area contributed by atoms with Gasteiger partial charge in [-0.05, 0) is 0 Å². The topological polar surface area (TPSA) is 68.3 Å². The molecule has 0 aliphatic heterocycles. The van der Waals surface area contributed by atoms with Crippen molar-refractivity contribution in [2.45, 2.75) is 6.42 Å². The van der Waals surface area contributed by atoms with E-state index < -0.39 is 11.9 Å². The van der Waals surface area contributed by atoms with Crippen LogP contribution in [0.1, 0.15) is 5.69 Å². The van der Waals surface area contributed by atoms with E-state index in [-0.39, 0.29) is 0 Å². The number of carbonyl (C=O) groups is 2. The van der Waals surface area contributed by atoms with Gasteiger partial charge in [-0.25, -0.2) is 9.78 Å². The molecule has 1 N–H and O–H groups in total. The maximum absolute atomic E-state index is 10.9. The standard InChI is InChI=1S/C8H10N2O3S/c1-13-8(12)7(11)9-3-2-6-4-14-5-10-6/h4-5H,2-3H2,1H3,(H,9,11). The van der Waals surface area contributed by atoms with Gasteiger partial charge in [0.25, 0.3) is 0 Å². The summed E-state index contributed by atoms with van der Waals surface area (Å²) >= 11 is 1.49. The molecule has 14 heavy (non-hydrogen) atoms. The molecule has 6 heteroatoms. The highest BCUT2D eigenvalue weighted by molar-refractivity contribution is 7.07. The van der Waals surface area contributed by atoms with Crippen molar-refractivity contribution in [2.24, 2.45) is 0 Å². The van der Waals surface area contributed by atoms with Crippen molar-refractivity contribution in [2.75, 3.05) is 13.7 Å². The molecule has 76 valence electrons. The minimum Gasteiger partial charge on any atom is -0.462 e. The SMILES string of the molecule is COC(=O)C(=O)NCCc1cscn1. The van der Waals surface area contributed by atoms with Crippen molar-refractivity contribution >= 4 is 23.2 Å². The minimum atomic E-state index is -0.872. The summed E-state index contributed by atoms with van der Waals surface area (Å²) in [5.74, 6) is -1.59. The summed E-state index contributed by atoms with van der Waals surface area (Å²) in [4.78, 5) is 25.6. The first kappa shape index (κ1) is 10.6. The summed E-state index contributed by atoms with van der Waals surface area (Å²) in [5.41, 5.74) is 2.62. The molecular weight excluding hydrogens is 204 g/mol. The molecule has 0 unspecified atom stereocenters. The van der Waals surface area contributed by atoms with Gasteiger partial charge in [-0.15, -0.1) is 11.3 Å². The Balaban J connectivity index is 2.22. The van der Waals surface area contributed by atoms with Crippen LogP contribution < -0.4 is 5.32 Å². The van der Waals surface area contributed by atoms with Crippen LogP contribution in [0.4, 0.5) is 0 Å². The number of methoxy groups -OCH3 is 1. The van der Waals surface area contributed by atoms with Gasteiger partial charge in [-0.1, -0.05) is 0 Å². The van der Waals surface area contributed by atoms with Crippen molar-refractivity contribution < 1.29 is 14.3 Å². The molecule has 0 radical (unpaired) electrons. The van der Waals surface area contributed by atoms with E-state index in [1.807, 2.05) is 5.38 Å². The fourth-order valence-electron chi connectivity index (χ4n) is 0.830. The Morgan fingerprint density at radius 2 is 2.43 bits per heavy atom. The second kappa shape index (κ2) is 5.33. The van der Waals surface area contributed by atoms with Crippen LogP contribution in [0, 0.1) is 0 Å². The molecule has 0 saturated carbocycles. The highest BCUT2D eigenvalue weighted by atomic mass is 32.1. The molecule has 0 aliphatic rings. The molecular formula is C8H10N2O3S. The average Bonchev–Trinajstić information content (AvgIpc) is 2.69. The first-order chi connectivity index (χ1) is 6.74. The molecule has 0 atom stereocenters. The molecule has 1 aromatic heterocycles. The van der Waals surface area contributed by atoms with Gasteiger partial charge in [0, 0.05) is 18.3 Å². The smallest absolute Gasteiger partial charge is 0.396 e. The first-order valence-electron chi connectivity index (χ1n) is 3.97. The Kier molecular flexibility index (Phi) is 4.06. The van der Waals surface area contributed by atoms with E-state index in [4.69, 9.17) is 0 Å². The quantitative estimate of drug-likeness (QED) is 0.567. The number of hydrogen-bond acceptors (Lipinski definition) is 5. The lowest BCUT2D eigenvalue weighted by atomic mass is 10.3. The monoisotopic (exact) mass is 214 g/mol. The molecule has 1 heterocycles. The predicted molar refractivity (Wildman–Crippen MR) is 50.8 cm³/mol. The van der Waals surface area contributed by atoms with Crippen LogP contribution in [0.2, 0.25) is 0 Å². The van der Waals surface area contributed by atoms with Crippen molar-refractivity contribution in [1.29, 1.82) is 0 Å². The summed E-state index contributed by atoms with van der Waals surface area (Å²) in [6.07, 6.45) is 0.617. The fraction of sp³-hybridized carbons (Fsp3) is 0.375. The van der Waals surface area contributed by atoms with Gasteiger partial charge in [0.05, 0.1) is 18.3 Å². The number of hydrogen-bond donors (Lipinski definition) is 1. The Labute approximate surface area is 85.1 Å². The second-order valence-electron chi connectivity index (χ2n) is 2.48. The summed E-state index contributed by atoms with van der Waals surface area (Å²) in [6, 6.07) is 0. The van der Waals surface area contributed by atoms with Crippen molar-refractivity contribution in [3.63, 3.8) is 0 Å². The van der Waals surface area contributed by atoms with E-state index in [0.717, 1.165) is 5.69 Å². The number of aromatic nitrogens is 1. The zero-order valence-corrected chi connectivity index (χ0v) is 8.47. The van der Waals surface area contributed by atoms with Crippen LogP contribution in [0.15, 0.2) is 10.9 Å². The lowest BCUT2D eigenvalue weighted by Gasteiger charge is -2.01. The Morgan fingerprint density at radius 1 is 1.64 bits per heavy atom. The molecule has 0 saturated heterocycles. The highest BCUT2D eigenvalue weighted by Crippen LogP contribution is 2.00. The lowest BCUT2D eigenvalue weighted by molar-refractivity contribution is -0.152. The molecule has 1 aromatic rings. The highest BCUT2D eigenvalue weighted by Gasteiger charge is 2.12. The normalized spacial score (nSPS) is 9.50. The summed E-state index contributed by atoms with van der Waals surface area (Å²) < 4.78 is 4.24. The second-order valence-corrected chi connectivity index (χ2v) is 3.20. The number of amides is 1. The number of rotatable bonds is 3. The zero-order chi connectivity index (χ0) is 10.4.